The highest BCUT2D eigenvalue weighted by atomic mass is 19.1. The van der Waals surface area contributed by atoms with Crippen molar-refractivity contribution >= 4 is 11.6 Å². The molecular formula is C13H19FN2O2. The van der Waals surface area contributed by atoms with Crippen LogP contribution in [0.15, 0.2) is 18.2 Å². The van der Waals surface area contributed by atoms with Crippen molar-refractivity contribution in [2.75, 3.05) is 19.0 Å². The van der Waals surface area contributed by atoms with Gasteiger partial charge in [-0.2, -0.15) is 0 Å². The van der Waals surface area contributed by atoms with Gasteiger partial charge in [-0.3, -0.25) is 4.79 Å². The van der Waals surface area contributed by atoms with E-state index in [2.05, 4.69) is 5.32 Å². The Balaban J connectivity index is 2.92. The molecule has 1 unspecified atom stereocenters. The minimum Gasteiger partial charge on any atom is -0.385 e. The number of anilines is 1. The zero-order chi connectivity index (χ0) is 13.8. The van der Waals surface area contributed by atoms with Crippen LogP contribution in [0.4, 0.5) is 10.1 Å². The van der Waals surface area contributed by atoms with Crippen molar-refractivity contribution in [2.45, 2.75) is 25.8 Å². The van der Waals surface area contributed by atoms with Gasteiger partial charge < -0.3 is 15.8 Å². The van der Waals surface area contributed by atoms with Crippen LogP contribution in [0.1, 0.15) is 18.9 Å². The Hall–Kier alpha value is -1.62. The van der Waals surface area contributed by atoms with E-state index in [0.29, 0.717) is 18.7 Å². The molecule has 0 aliphatic heterocycles. The van der Waals surface area contributed by atoms with Crippen molar-refractivity contribution in [2.24, 2.45) is 5.73 Å². The standard InChI is InChI=1S/C13H19FN2O2/c1-9-6-10(14)8-11(7-9)16-13(2,12(15)17)4-5-18-3/h6-8,16H,4-5H2,1-3H3,(H2,15,17). The Kier molecular flexibility index (Phi) is 4.67. The average Bonchev–Trinajstić information content (AvgIpc) is 2.24. The van der Waals surface area contributed by atoms with Crippen LogP contribution in [-0.4, -0.2) is 25.2 Å². The molecule has 0 aliphatic carbocycles. The summed E-state index contributed by atoms with van der Waals surface area (Å²) in [6.07, 6.45) is 0.411. The van der Waals surface area contributed by atoms with E-state index in [1.807, 2.05) is 0 Å². The second kappa shape index (κ2) is 5.82. The Morgan fingerprint density at radius 1 is 1.50 bits per heavy atom. The lowest BCUT2D eigenvalue weighted by molar-refractivity contribution is -0.122. The lowest BCUT2D eigenvalue weighted by Gasteiger charge is -2.28. The highest BCUT2D eigenvalue weighted by molar-refractivity contribution is 5.87. The summed E-state index contributed by atoms with van der Waals surface area (Å²) in [5.74, 6) is -0.850. The highest BCUT2D eigenvalue weighted by Gasteiger charge is 2.30. The van der Waals surface area contributed by atoms with Crippen molar-refractivity contribution < 1.29 is 13.9 Å². The van der Waals surface area contributed by atoms with Crippen LogP contribution in [0.3, 0.4) is 0 Å². The number of halogens is 1. The van der Waals surface area contributed by atoms with Crippen molar-refractivity contribution in [3.05, 3.63) is 29.6 Å². The zero-order valence-electron chi connectivity index (χ0n) is 10.9. The van der Waals surface area contributed by atoms with Crippen molar-refractivity contribution in [1.82, 2.24) is 0 Å². The van der Waals surface area contributed by atoms with Gasteiger partial charge in [0.15, 0.2) is 0 Å². The molecule has 100 valence electrons. The summed E-state index contributed by atoms with van der Waals surface area (Å²) in [7, 11) is 1.55. The minimum absolute atomic E-state index is 0.351. The minimum atomic E-state index is -0.962. The van der Waals surface area contributed by atoms with Gasteiger partial charge in [-0.25, -0.2) is 4.39 Å². The molecule has 1 aromatic carbocycles. The molecule has 18 heavy (non-hydrogen) atoms. The Morgan fingerprint density at radius 2 is 2.17 bits per heavy atom. The van der Waals surface area contributed by atoms with E-state index in [-0.39, 0.29) is 5.82 Å². The molecule has 0 aromatic heterocycles. The molecule has 0 aliphatic rings. The number of carbonyl (C=O) groups is 1. The SMILES string of the molecule is COCCC(C)(Nc1cc(C)cc(F)c1)C(N)=O. The lowest BCUT2D eigenvalue weighted by Crippen LogP contribution is -2.48. The molecule has 0 spiro atoms. The van der Waals surface area contributed by atoms with Crippen LogP contribution < -0.4 is 11.1 Å². The summed E-state index contributed by atoms with van der Waals surface area (Å²) in [5.41, 5.74) is 5.73. The van der Waals surface area contributed by atoms with E-state index >= 15 is 0 Å². The number of nitrogens with two attached hydrogens (primary N) is 1. The Bertz CT molecular complexity index is 417. The molecular weight excluding hydrogens is 235 g/mol. The van der Waals surface area contributed by atoms with Crippen molar-refractivity contribution in [1.29, 1.82) is 0 Å². The normalized spacial score (nSPS) is 14.0. The van der Waals surface area contributed by atoms with Gasteiger partial charge in [0.1, 0.15) is 11.4 Å². The Morgan fingerprint density at radius 3 is 2.67 bits per heavy atom. The van der Waals surface area contributed by atoms with Crippen LogP contribution in [0.5, 0.6) is 0 Å². The highest BCUT2D eigenvalue weighted by Crippen LogP contribution is 2.21. The van der Waals surface area contributed by atoms with Crippen LogP contribution in [0.25, 0.3) is 0 Å². The van der Waals surface area contributed by atoms with Gasteiger partial charge in [0.2, 0.25) is 5.91 Å². The van der Waals surface area contributed by atoms with Crippen LogP contribution in [0, 0.1) is 12.7 Å². The third-order valence-electron chi connectivity index (χ3n) is 2.81. The molecule has 1 rings (SSSR count). The van der Waals surface area contributed by atoms with Gasteiger partial charge in [-0.05, 0) is 37.6 Å². The molecule has 0 radical (unpaired) electrons. The molecule has 0 heterocycles. The summed E-state index contributed by atoms with van der Waals surface area (Å²) < 4.78 is 18.2. The smallest absolute Gasteiger partial charge is 0.242 e. The fourth-order valence-corrected chi connectivity index (χ4v) is 1.68. The van der Waals surface area contributed by atoms with Gasteiger partial charge in [0.25, 0.3) is 0 Å². The first-order valence-electron chi connectivity index (χ1n) is 5.71. The third kappa shape index (κ3) is 3.70. The van der Waals surface area contributed by atoms with Gasteiger partial charge in [0, 0.05) is 25.8 Å². The van der Waals surface area contributed by atoms with Crippen molar-refractivity contribution in [3.63, 3.8) is 0 Å². The third-order valence-corrected chi connectivity index (χ3v) is 2.81. The number of carbonyl (C=O) groups excluding carboxylic acids is 1. The molecule has 0 fully saturated rings. The number of primary amides is 1. The number of hydrogen-bond acceptors (Lipinski definition) is 3. The van der Waals surface area contributed by atoms with Gasteiger partial charge in [-0.1, -0.05) is 0 Å². The predicted octanol–water partition coefficient (Wildman–Crippen LogP) is 1.83. The fraction of sp³-hybridized carbons (Fsp3) is 0.462. The molecule has 1 atom stereocenters. The molecule has 4 nitrogen and oxygen atoms in total. The van der Waals surface area contributed by atoms with Crippen LogP contribution in [-0.2, 0) is 9.53 Å². The first-order chi connectivity index (χ1) is 8.37. The molecule has 0 saturated carbocycles. The second-order valence-corrected chi connectivity index (χ2v) is 4.58. The number of nitrogens with one attached hydrogen (secondary N) is 1. The van der Waals surface area contributed by atoms with E-state index in [0.717, 1.165) is 5.56 Å². The molecule has 1 amide bonds. The maximum Gasteiger partial charge on any atom is 0.242 e. The van der Waals surface area contributed by atoms with Crippen molar-refractivity contribution in [3.8, 4) is 0 Å². The van der Waals surface area contributed by atoms with Crippen LogP contribution >= 0.6 is 0 Å². The zero-order valence-corrected chi connectivity index (χ0v) is 10.9. The van der Waals surface area contributed by atoms with Crippen LogP contribution in [0.2, 0.25) is 0 Å². The predicted molar refractivity (Wildman–Crippen MR) is 68.9 cm³/mol. The summed E-state index contributed by atoms with van der Waals surface area (Å²) >= 11 is 0. The quantitative estimate of drug-likeness (QED) is 0.814. The number of hydrogen-bond donors (Lipinski definition) is 2. The number of aryl methyl sites for hydroxylation is 1. The number of benzene rings is 1. The fourth-order valence-electron chi connectivity index (χ4n) is 1.68. The summed E-state index contributed by atoms with van der Waals surface area (Å²) in [6, 6.07) is 4.51. The molecule has 0 bridgehead atoms. The number of methoxy groups -OCH3 is 1. The van der Waals surface area contributed by atoms with E-state index in [1.165, 1.54) is 12.1 Å². The monoisotopic (exact) mass is 254 g/mol. The number of rotatable bonds is 6. The van der Waals surface area contributed by atoms with E-state index in [1.54, 1.807) is 27.0 Å². The molecule has 5 heteroatoms. The topological polar surface area (TPSA) is 64.3 Å². The largest absolute Gasteiger partial charge is 0.385 e. The van der Waals surface area contributed by atoms with Gasteiger partial charge in [0.05, 0.1) is 0 Å². The van der Waals surface area contributed by atoms with E-state index < -0.39 is 11.4 Å². The summed E-state index contributed by atoms with van der Waals surface area (Å²) in [4.78, 5) is 11.5. The van der Waals surface area contributed by atoms with E-state index in [9.17, 15) is 9.18 Å². The van der Waals surface area contributed by atoms with Gasteiger partial charge >= 0.3 is 0 Å². The lowest BCUT2D eigenvalue weighted by atomic mass is 9.96. The molecule has 1 aromatic rings. The summed E-state index contributed by atoms with van der Waals surface area (Å²) in [5, 5.41) is 2.98. The summed E-state index contributed by atoms with van der Waals surface area (Å²) in [6.45, 7) is 3.85. The maximum atomic E-state index is 13.3. The first kappa shape index (κ1) is 14.4. The Labute approximate surface area is 106 Å². The van der Waals surface area contributed by atoms with E-state index in [4.69, 9.17) is 10.5 Å². The first-order valence-corrected chi connectivity index (χ1v) is 5.71. The van der Waals surface area contributed by atoms with Gasteiger partial charge in [-0.15, -0.1) is 0 Å². The second-order valence-electron chi connectivity index (χ2n) is 4.58. The number of amides is 1. The maximum absolute atomic E-state index is 13.3. The number of ether oxygens (including phenoxy) is 1. The molecule has 0 saturated heterocycles. The molecule has 3 N–H and O–H groups in total. The average molecular weight is 254 g/mol.